The third kappa shape index (κ3) is 1.55. The van der Waals surface area contributed by atoms with Crippen LogP contribution in [0.1, 0.15) is 5.69 Å². The summed E-state index contributed by atoms with van der Waals surface area (Å²) in [5.74, 6) is 0. The van der Waals surface area contributed by atoms with Crippen LogP contribution in [-0.4, -0.2) is 14.6 Å². The lowest BCUT2D eigenvalue weighted by atomic mass is 10.2. The quantitative estimate of drug-likeness (QED) is 0.726. The van der Waals surface area contributed by atoms with Crippen molar-refractivity contribution in [2.75, 3.05) is 0 Å². The molecule has 0 fully saturated rings. The van der Waals surface area contributed by atoms with Crippen LogP contribution < -0.4 is 0 Å². The van der Waals surface area contributed by atoms with E-state index in [2.05, 4.69) is 38.1 Å². The Morgan fingerprint density at radius 2 is 2.00 bits per heavy atom. The zero-order valence-electron chi connectivity index (χ0n) is 8.74. The van der Waals surface area contributed by atoms with Gasteiger partial charge in [0, 0.05) is 21.8 Å². The summed E-state index contributed by atoms with van der Waals surface area (Å²) in [5, 5.41) is 3.20. The molecule has 0 radical (unpaired) electrons. The number of nitrogens with one attached hydrogen (secondary N) is 1. The molecule has 0 aliphatic carbocycles. The van der Waals surface area contributed by atoms with Crippen LogP contribution in [0.5, 0.6) is 0 Å². The topological polar surface area (TPSA) is 33.1 Å². The largest absolute Gasteiger partial charge is 0.297 e. The highest BCUT2D eigenvalue weighted by molar-refractivity contribution is 9.10. The fraction of sp³-hybridized carbons (Fsp3) is 0.0833. The van der Waals surface area contributed by atoms with Crippen molar-refractivity contribution in [2.45, 2.75) is 6.92 Å². The summed E-state index contributed by atoms with van der Waals surface area (Å²) in [4.78, 5) is 4.55. The van der Waals surface area contributed by atoms with Gasteiger partial charge in [-0.2, -0.15) is 0 Å². The van der Waals surface area contributed by atoms with Crippen molar-refractivity contribution in [3.63, 3.8) is 0 Å². The number of imidazole rings is 1. The molecular weight excluding hydrogens is 266 g/mol. The van der Waals surface area contributed by atoms with E-state index in [9.17, 15) is 0 Å². The minimum atomic E-state index is 0.954. The summed E-state index contributed by atoms with van der Waals surface area (Å²) in [7, 11) is 0. The van der Waals surface area contributed by atoms with E-state index >= 15 is 0 Å². The number of halogens is 1. The number of nitrogens with zero attached hydrogens (tertiary/aromatic N) is 2. The van der Waals surface area contributed by atoms with Crippen LogP contribution in [0.2, 0.25) is 0 Å². The Kier molecular flexibility index (Phi) is 2.11. The number of H-pyrrole nitrogens is 1. The Balaban J connectivity index is 2.11. The van der Waals surface area contributed by atoms with E-state index in [1.807, 2.05) is 35.8 Å². The van der Waals surface area contributed by atoms with Crippen LogP contribution in [0.25, 0.3) is 16.9 Å². The monoisotopic (exact) mass is 275 g/mol. The average Bonchev–Trinajstić information content (AvgIpc) is 2.75. The number of aryl methyl sites for hydroxylation is 1. The minimum Gasteiger partial charge on any atom is -0.297 e. The van der Waals surface area contributed by atoms with Crippen LogP contribution in [-0.2, 0) is 0 Å². The molecule has 2 heterocycles. The van der Waals surface area contributed by atoms with Gasteiger partial charge in [-0.1, -0.05) is 28.1 Å². The lowest BCUT2D eigenvalue weighted by Crippen LogP contribution is -1.80. The van der Waals surface area contributed by atoms with E-state index < -0.39 is 0 Å². The molecule has 0 amide bonds. The fourth-order valence-electron chi connectivity index (χ4n) is 1.76. The first kappa shape index (κ1) is 9.66. The number of hydrogen-bond acceptors (Lipinski definition) is 1. The Morgan fingerprint density at radius 3 is 2.69 bits per heavy atom. The summed E-state index contributed by atoms with van der Waals surface area (Å²) in [6.07, 6.45) is 2.01. The minimum absolute atomic E-state index is 0.954. The molecule has 4 heteroatoms. The lowest BCUT2D eigenvalue weighted by Gasteiger charge is -1.95. The molecule has 0 atom stereocenters. The second kappa shape index (κ2) is 3.49. The standard InChI is InChI=1S/C12H10BrN3/c1-8-6-12-14-11(7-16(12)15-8)9-2-4-10(13)5-3-9/h2-7,15H,1H3. The SMILES string of the molecule is Cc1cc2nc(-c3ccc(Br)cc3)cn2[nH]1. The molecule has 16 heavy (non-hydrogen) atoms. The summed E-state index contributed by atoms with van der Waals surface area (Å²) in [5.41, 5.74) is 4.18. The summed E-state index contributed by atoms with van der Waals surface area (Å²) < 4.78 is 3.02. The zero-order valence-corrected chi connectivity index (χ0v) is 10.3. The van der Waals surface area contributed by atoms with Crippen molar-refractivity contribution >= 4 is 21.6 Å². The number of rotatable bonds is 1. The maximum absolute atomic E-state index is 4.55. The molecule has 0 unspecified atom stereocenters. The highest BCUT2D eigenvalue weighted by Crippen LogP contribution is 2.21. The molecule has 0 aliphatic heterocycles. The molecular formula is C12H10BrN3. The van der Waals surface area contributed by atoms with Gasteiger partial charge in [0.2, 0.25) is 0 Å². The smallest absolute Gasteiger partial charge is 0.153 e. The fourth-order valence-corrected chi connectivity index (χ4v) is 2.03. The van der Waals surface area contributed by atoms with Crippen LogP contribution in [0.3, 0.4) is 0 Å². The van der Waals surface area contributed by atoms with Gasteiger partial charge < -0.3 is 0 Å². The second-order valence-corrected chi connectivity index (χ2v) is 4.72. The highest BCUT2D eigenvalue weighted by atomic mass is 79.9. The Hall–Kier alpha value is -1.55. The van der Waals surface area contributed by atoms with E-state index in [4.69, 9.17) is 0 Å². The van der Waals surface area contributed by atoms with E-state index in [1.165, 1.54) is 0 Å². The van der Waals surface area contributed by atoms with Crippen molar-refractivity contribution in [1.29, 1.82) is 0 Å². The maximum Gasteiger partial charge on any atom is 0.153 e. The number of hydrogen-bond donors (Lipinski definition) is 1. The van der Waals surface area contributed by atoms with Gasteiger partial charge in [-0.3, -0.25) is 5.10 Å². The second-order valence-electron chi connectivity index (χ2n) is 3.80. The Labute approximate surface area is 101 Å². The van der Waals surface area contributed by atoms with Crippen molar-refractivity contribution in [3.05, 3.63) is 46.7 Å². The molecule has 2 aromatic heterocycles. The molecule has 0 saturated carbocycles. The number of fused-ring (bicyclic) bond motifs is 1. The number of aromatic nitrogens is 3. The van der Waals surface area contributed by atoms with Gasteiger partial charge in [0.05, 0.1) is 11.9 Å². The van der Waals surface area contributed by atoms with Crippen molar-refractivity contribution in [2.24, 2.45) is 0 Å². The third-order valence-corrected chi connectivity index (χ3v) is 3.04. The van der Waals surface area contributed by atoms with E-state index in [-0.39, 0.29) is 0 Å². The van der Waals surface area contributed by atoms with Gasteiger partial charge in [0.15, 0.2) is 5.65 Å². The molecule has 0 spiro atoms. The molecule has 3 aromatic rings. The molecule has 0 aliphatic rings. The van der Waals surface area contributed by atoms with Crippen molar-refractivity contribution in [3.8, 4) is 11.3 Å². The summed E-state index contributed by atoms with van der Waals surface area (Å²) in [6, 6.07) is 10.2. The van der Waals surface area contributed by atoms with Crippen LogP contribution in [0, 0.1) is 6.92 Å². The summed E-state index contributed by atoms with van der Waals surface area (Å²) in [6.45, 7) is 2.02. The number of benzene rings is 1. The summed E-state index contributed by atoms with van der Waals surface area (Å²) >= 11 is 3.42. The first-order chi connectivity index (χ1) is 7.72. The van der Waals surface area contributed by atoms with Gasteiger partial charge in [-0.05, 0) is 19.1 Å². The van der Waals surface area contributed by atoms with Crippen LogP contribution >= 0.6 is 15.9 Å². The van der Waals surface area contributed by atoms with Crippen LogP contribution in [0.4, 0.5) is 0 Å². The van der Waals surface area contributed by atoms with Crippen molar-refractivity contribution < 1.29 is 0 Å². The molecule has 80 valence electrons. The highest BCUT2D eigenvalue weighted by Gasteiger charge is 2.05. The normalized spacial score (nSPS) is 11.1. The molecule has 1 N–H and O–H groups in total. The van der Waals surface area contributed by atoms with E-state index in [0.717, 1.165) is 27.1 Å². The Bertz CT molecular complexity index is 602. The molecule has 3 nitrogen and oxygen atoms in total. The first-order valence-electron chi connectivity index (χ1n) is 5.03. The lowest BCUT2D eigenvalue weighted by molar-refractivity contribution is 0.945. The van der Waals surface area contributed by atoms with E-state index in [0.29, 0.717) is 0 Å². The first-order valence-corrected chi connectivity index (χ1v) is 5.82. The maximum atomic E-state index is 4.55. The van der Waals surface area contributed by atoms with Gasteiger partial charge in [-0.15, -0.1) is 0 Å². The van der Waals surface area contributed by atoms with Gasteiger partial charge in [0.1, 0.15) is 0 Å². The van der Waals surface area contributed by atoms with E-state index in [1.54, 1.807) is 0 Å². The third-order valence-electron chi connectivity index (χ3n) is 2.52. The molecule has 0 bridgehead atoms. The van der Waals surface area contributed by atoms with Gasteiger partial charge in [-0.25, -0.2) is 9.50 Å². The van der Waals surface area contributed by atoms with Crippen molar-refractivity contribution in [1.82, 2.24) is 14.6 Å². The van der Waals surface area contributed by atoms with Crippen LogP contribution in [0.15, 0.2) is 41.0 Å². The molecule has 0 saturated heterocycles. The predicted molar refractivity (Wildman–Crippen MR) is 67.4 cm³/mol. The van der Waals surface area contributed by atoms with Gasteiger partial charge >= 0.3 is 0 Å². The van der Waals surface area contributed by atoms with Gasteiger partial charge in [0.25, 0.3) is 0 Å². The number of aromatic amines is 1. The predicted octanol–water partition coefficient (Wildman–Crippen LogP) is 3.40. The zero-order chi connectivity index (χ0) is 11.1. The molecule has 1 aromatic carbocycles. The Morgan fingerprint density at radius 1 is 1.25 bits per heavy atom. The molecule has 3 rings (SSSR count). The average molecular weight is 276 g/mol.